The minimum absolute atomic E-state index is 0.0286. The molecule has 1 aliphatic heterocycles. The van der Waals surface area contributed by atoms with E-state index < -0.39 is 17.0 Å². The molecule has 0 saturated carbocycles. The number of nitrogens with one attached hydrogen (secondary N) is 2. The smallest absolute Gasteiger partial charge is 0.313 e. The molecule has 4 heterocycles. The highest BCUT2D eigenvalue weighted by atomic mass is 19.1. The van der Waals surface area contributed by atoms with Gasteiger partial charge < -0.3 is 19.9 Å². The lowest BCUT2D eigenvalue weighted by Crippen LogP contribution is -2.24. The van der Waals surface area contributed by atoms with E-state index in [9.17, 15) is 13.6 Å². The summed E-state index contributed by atoms with van der Waals surface area (Å²) in [4.78, 5) is 30.6. The Kier molecular flexibility index (Phi) is 7.22. The van der Waals surface area contributed by atoms with Gasteiger partial charge in [-0.2, -0.15) is 0 Å². The Bertz CT molecular complexity index is 1430. The predicted molar refractivity (Wildman–Crippen MR) is 138 cm³/mol. The summed E-state index contributed by atoms with van der Waals surface area (Å²) in [5.74, 6) is -0.315. The highest BCUT2D eigenvalue weighted by Crippen LogP contribution is 2.29. The molecule has 4 aromatic rings. The molecular formula is C26H29F2N9O2. The van der Waals surface area contributed by atoms with Crippen molar-refractivity contribution in [2.75, 3.05) is 23.3 Å². The number of rotatable bonds is 8. The van der Waals surface area contributed by atoms with E-state index in [1.165, 1.54) is 16.8 Å². The molecule has 1 unspecified atom stereocenters. The summed E-state index contributed by atoms with van der Waals surface area (Å²) in [6.45, 7) is 7.13. The zero-order chi connectivity index (χ0) is 27.6. The van der Waals surface area contributed by atoms with Crippen molar-refractivity contribution in [3.8, 4) is 11.3 Å². The van der Waals surface area contributed by atoms with Crippen LogP contribution in [0.1, 0.15) is 44.4 Å². The van der Waals surface area contributed by atoms with Gasteiger partial charge in [-0.3, -0.25) is 4.79 Å². The second kappa shape index (κ2) is 10.8. The monoisotopic (exact) mass is 537 g/mol. The topological polar surface area (TPSA) is 127 Å². The second-order valence-electron chi connectivity index (χ2n) is 10.5. The number of aromatic nitrogens is 7. The first kappa shape index (κ1) is 26.2. The third-order valence-electron chi connectivity index (χ3n) is 6.30. The van der Waals surface area contributed by atoms with Crippen LogP contribution in [-0.2, 0) is 22.8 Å². The molecule has 39 heavy (non-hydrogen) atoms. The molecule has 1 saturated heterocycles. The fourth-order valence-electron chi connectivity index (χ4n) is 4.17. The average Bonchev–Trinajstić information content (AvgIpc) is 3.66. The molecule has 5 rings (SSSR count). The number of esters is 1. The number of hydrogen-bond acceptors (Lipinski definition) is 9. The molecule has 11 nitrogen and oxygen atoms in total. The minimum atomic E-state index is -0.632. The maximum Gasteiger partial charge on any atom is 0.313 e. The molecular weight excluding hydrogens is 508 g/mol. The third-order valence-corrected chi connectivity index (χ3v) is 6.30. The van der Waals surface area contributed by atoms with Gasteiger partial charge in [-0.15, -0.1) is 5.10 Å². The van der Waals surface area contributed by atoms with Crippen LogP contribution in [0.2, 0.25) is 0 Å². The number of anilines is 2. The Morgan fingerprint density at radius 1 is 1.13 bits per heavy atom. The number of imidazole rings is 1. The molecule has 204 valence electrons. The van der Waals surface area contributed by atoms with Crippen LogP contribution in [-0.4, -0.2) is 54.0 Å². The molecule has 0 amide bonds. The maximum atomic E-state index is 13.4. The normalized spacial score (nSPS) is 15.5. The highest BCUT2D eigenvalue weighted by Gasteiger charge is 2.28. The Labute approximate surface area is 223 Å². The fourth-order valence-corrected chi connectivity index (χ4v) is 4.17. The van der Waals surface area contributed by atoms with E-state index in [1.807, 2.05) is 6.20 Å². The number of nitrogens with zero attached hydrogens (tertiary/aromatic N) is 7. The lowest BCUT2D eigenvalue weighted by molar-refractivity contribution is -0.157. The van der Waals surface area contributed by atoms with Gasteiger partial charge in [0.05, 0.1) is 29.2 Å². The van der Waals surface area contributed by atoms with Gasteiger partial charge in [0.2, 0.25) is 11.9 Å². The number of benzene rings is 1. The minimum Gasteiger partial charge on any atom is -0.442 e. The Morgan fingerprint density at radius 2 is 1.87 bits per heavy atom. The van der Waals surface area contributed by atoms with Crippen LogP contribution >= 0.6 is 0 Å². The van der Waals surface area contributed by atoms with Gasteiger partial charge in [0.25, 0.3) is 0 Å². The average molecular weight is 538 g/mol. The van der Waals surface area contributed by atoms with Crippen LogP contribution in [0.3, 0.4) is 0 Å². The molecule has 0 spiro atoms. The second-order valence-corrected chi connectivity index (χ2v) is 10.5. The van der Waals surface area contributed by atoms with Crippen LogP contribution in [0.25, 0.3) is 11.3 Å². The molecule has 1 aliphatic rings. The van der Waals surface area contributed by atoms with Crippen molar-refractivity contribution >= 4 is 17.9 Å². The van der Waals surface area contributed by atoms with Crippen LogP contribution in [0.5, 0.6) is 0 Å². The van der Waals surface area contributed by atoms with E-state index in [4.69, 9.17) is 4.74 Å². The molecule has 13 heteroatoms. The standard InChI is InChI=1S/C26H29F2N9O2/c1-26(2,3)23(38)39-15-37-14-22(34-35-37)17-4-5-36(13-17)25-32-12-21(33-25)18-10-30-24(31-11-18)29-9-16-6-19(27)8-20(28)7-16/h6-8,10-12,14,17H,4-5,9,13,15H2,1-3H3,(H,32,33)(H,29,30,31). The summed E-state index contributed by atoms with van der Waals surface area (Å²) in [6.07, 6.45) is 7.72. The zero-order valence-corrected chi connectivity index (χ0v) is 21.9. The van der Waals surface area contributed by atoms with E-state index in [-0.39, 0.29) is 25.2 Å². The first-order chi connectivity index (χ1) is 18.6. The first-order valence-electron chi connectivity index (χ1n) is 12.5. The van der Waals surface area contributed by atoms with Gasteiger partial charge in [0.1, 0.15) is 11.6 Å². The highest BCUT2D eigenvalue weighted by molar-refractivity contribution is 5.75. The van der Waals surface area contributed by atoms with E-state index in [1.54, 1.807) is 39.4 Å². The maximum absolute atomic E-state index is 13.4. The number of aromatic amines is 1. The molecule has 0 radical (unpaired) electrons. The summed E-state index contributed by atoms with van der Waals surface area (Å²) in [5, 5.41) is 11.3. The summed E-state index contributed by atoms with van der Waals surface area (Å²) in [5.41, 5.74) is 2.23. The fraction of sp³-hybridized carbons (Fsp3) is 0.385. The predicted octanol–water partition coefficient (Wildman–Crippen LogP) is 3.89. The molecule has 1 atom stereocenters. The van der Waals surface area contributed by atoms with Crippen LogP contribution < -0.4 is 10.2 Å². The Balaban J connectivity index is 1.15. The molecule has 1 fully saturated rings. The SMILES string of the molecule is CC(C)(C)C(=O)OCn1cc(C2CCN(c3ncc(-c4cnc(NCc5cc(F)cc(F)c5)nc4)[nH]3)C2)nn1. The van der Waals surface area contributed by atoms with Gasteiger partial charge in [0, 0.05) is 49.6 Å². The van der Waals surface area contributed by atoms with Gasteiger partial charge in [-0.1, -0.05) is 5.21 Å². The lowest BCUT2D eigenvalue weighted by Gasteiger charge is -2.16. The molecule has 2 N–H and O–H groups in total. The van der Waals surface area contributed by atoms with Gasteiger partial charge in [-0.25, -0.2) is 28.4 Å². The summed E-state index contributed by atoms with van der Waals surface area (Å²) in [7, 11) is 0. The first-order valence-corrected chi connectivity index (χ1v) is 12.5. The largest absolute Gasteiger partial charge is 0.442 e. The van der Waals surface area contributed by atoms with Crippen molar-refractivity contribution in [2.24, 2.45) is 5.41 Å². The number of H-pyrrole nitrogens is 1. The Morgan fingerprint density at radius 3 is 2.59 bits per heavy atom. The quantitative estimate of drug-likeness (QED) is 0.322. The van der Waals surface area contributed by atoms with Crippen LogP contribution in [0.15, 0.2) is 43.0 Å². The van der Waals surface area contributed by atoms with Crippen molar-refractivity contribution in [3.05, 3.63) is 65.9 Å². The number of carbonyl (C=O) groups excluding carboxylic acids is 1. The van der Waals surface area contributed by atoms with Crippen molar-refractivity contribution in [1.29, 1.82) is 0 Å². The van der Waals surface area contributed by atoms with Crippen molar-refractivity contribution in [1.82, 2.24) is 34.9 Å². The molecule has 0 aliphatic carbocycles. The van der Waals surface area contributed by atoms with Gasteiger partial charge in [-0.05, 0) is 44.9 Å². The van der Waals surface area contributed by atoms with Crippen molar-refractivity contribution in [3.63, 3.8) is 0 Å². The number of carbonyl (C=O) groups is 1. The summed E-state index contributed by atoms with van der Waals surface area (Å²) < 4.78 is 33.6. The van der Waals surface area contributed by atoms with E-state index in [0.717, 1.165) is 41.9 Å². The van der Waals surface area contributed by atoms with Crippen LogP contribution in [0, 0.1) is 17.0 Å². The van der Waals surface area contributed by atoms with Crippen molar-refractivity contribution in [2.45, 2.75) is 46.4 Å². The van der Waals surface area contributed by atoms with E-state index >= 15 is 0 Å². The molecule has 0 bridgehead atoms. The lowest BCUT2D eigenvalue weighted by atomic mass is 9.98. The van der Waals surface area contributed by atoms with Gasteiger partial charge in [0.15, 0.2) is 6.73 Å². The number of halogens is 2. The van der Waals surface area contributed by atoms with Gasteiger partial charge >= 0.3 is 5.97 Å². The Hall–Kier alpha value is -4.42. The molecule has 3 aromatic heterocycles. The van der Waals surface area contributed by atoms with Crippen LogP contribution in [0.4, 0.5) is 20.7 Å². The number of hydrogen-bond donors (Lipinski definition) is 2. The van der Waals surface area contributed by atoms with Crippen molar-refractivity contribution < 1.29 is 18.3 Å². The third kappa shape index (κ3) is 6.36. The summed E-state index contributed by atoms with van der Waals surface area (Å²) in [6, 6.07) is 3.34. The van der Waals surface area contributed by atoms with E-state index in [2.05, 4.69) is 40.5 Å². The summed E-state index contributed by atoms with van der Waals surface area (Å²) >= 11 is 0. The number of ether oxygens (including phenoxy) is 1. The zero-order valence-electron chi connectivity index (χ0n) is 21.9. The van der Waals surface area contributed by atoms with E-state index in [0.29, 0.717) is 18.1 Å². The molecule has 1 aromatic carbocycles.